The fourth-order valence-corrected chi connectivity index (χ4v) is 1.35. The summed E-state index contributed by atoms with van der Waals surface area (Å²) >= 11 is 0. The van der Waals surface area contributed by atoms with Crippen molar-refractivity contribution < 1.29 is 13.2 Å². The molecule has 0 spiro atoms. The second-order valence-electron chi connectivity index (χ2n) is 3.61. The van der Waals surface area contributed by atoms with Crippen LogP contribution in [0.4, 0.5) is 0 Å². The van der Waals surface area contributed by atoms with Gasteiger partial charge in [0.1, 0.15) is 0 Å². The van der Waals surface area contributed by atoms with Gasteiger partial charge in [-0.05, 0) is 5.92 Å². The van der Waals surface area contributed by atoms with Crippen LogP contribution >= 0.6 is 0 Å². The van der Waals surface area contributed by atoms with Crippen molar-refractivity contribution >= 4 is 15.9 Å². The highest BCUT2D eigenvalue weighted by Crippen LogP contribution is 1.97. The fourth-order valence-electron chi connectivity index (χ4n) is 0.881. The van der Waals surface area contributed by atoms with Crippen LogP contribution in [0.5, 0.6) is 0 Å². The topological polar surface area (TPSA) is 75.3 Å². The first-order valence-electron chi connectivity index (χ1n) is 4.52. The van der Waals surface area contributed by atoms with Crippen LogP contribution in [0.1, 0.15) is 20.3 Å². The van der Waals surface area contributed by atoms with E-state index < -0.39 is 10.0 Å². The molecule has 6 heteroatoms. The molecule has 0 atom stereocenters. The first kappa shape index (κ1) is 13.4. The van der Waals surface area contributed by atoms with Crippen molar-refractivity contribution in [3.63, 3.8) is 0 Å². The van der Waals surface area contributed by atoms with E-state index in [2.05, 4.69) is 10.0 Å². The Hall–Kier alpha value is -0.620. The molecule has 0 aliphatic heterocycles. The number of carbonyl (C=O) groups excluding carboxylic acids is 1. The third-order valence-electron chi connectivity index (χ3n) is 1.41. The van der Waals surface area contributed by atoms with Gasteiger partial charge in [-0.15, -0.1) is 0 Å². The third-order valence-corrected chi connectivity index (χ3v) is 2.13. The van der Waals surface area contributed by atoms with Gasteiger partial charge >= 0.3 is 0 Å². The summed E-state index contributed by atoms with van der Waals surface area (Å²) in [5, 5.41) is 2.62. The number of rotatable bonds is 6. The smallest absolute Gasteiger partial charge is 0.220 e. The first-order valence-corrected chi connectivity index (χ1v) is 6.41. The van der Waals surface area contributed by atoms with E-state index in [4.69, 9.17) is 0 Å². The van der Waals surface area contributed by atoms with Crippen LogP contribution in [0.3, 0.4) is 0 Å². The Morgan fingerprint density at radius 3 is 2.29 bits per heavy atom. The lowest BCUT2D eigenvalue weighted by Gasteiger charge is -2.06. The minimum atomic E-state index is -3.15. The summed E-state index contributed by atoms with van der Waals surface area (Å²) in [7, 11) is -3.15. The van der Waals surface area contributed by atoms with Gasteiger partial charge in [-0.1, -0.05) is 13.8 Å². The molecule has 0 aromatic rings. The molecule has 0 aromatic heterocycles. The maximum absolute atomic E-state index is 11.1. The number of nitrogens with one attached hydrogen (secondary N) is 2. The molecule has 0 aliphatic carbocycles. The van der Waals surface area contributed by atoms with Gasteiger partial charge in [0.15, 0.2) is 0 Å². The Balaban J connectivity index is 3.51. The monoisotopic (exact) mass is 222 g/mol. The van der Waals surface area contributed by atoms with Crippen molar-refractivity contribution in [2.75, 3.05) is 19.3 Å². The molecule has 0 radical (unpaired) electrons. The second-order valence-corrected chi connectivity index (χ2v) is 5.45. The van der Waals surface area contributed by atoms with Gasteiger partial charge in [-0.3, -0.25) is 4.79 Å². The normalized spacial score (nSPS) is 11.7. The molecule has 0 heterocycles. The lowest BCUT2D eigenvalue weighted by atomic mass is 10.1. The summed E-state index contributed by atoms with van der Waals surface area (Å²) in [4.78, 5) is 11.1. The van der Waals surface area contributed by atoms with Gasteiger partial charge in [-0.2, -0.15) is 0 Å². The average Bonchev–Trinajstić information content (AvgIpc) is 1.95. The minimum Gasteiger partial charge on any atom is -0.355 e. The molecular weight excluding hydrogens is 204 g/mol. The van der Waals surface area contributed by atoms with Crippen molar-refractivity contribution in [3.8, 4) is 0 Å². The first-order chi connectivity index (χ1) is 6.31. The summed E-state index contributed by atoms with van der Waals surface area (Å²) in [6.45, 7) is 4.48. The average molecular weight is 222 g/mol. The third kappa shape index (κ3) is 9.47. The zero-order valence-electron chi connectivity index (χ0n) is 8.83. The lowest BCUT2D eigenvalue weighted by Crippen LogP contribution is -2.34. The van der Waals surface area contributed by atoms with E-state index in [1.54, 1.807) is 0 Å². The summed E-state index contributed by atoms with van der Waals surface area (Å²) in [6, 6.07) is 0. The molecule has 0 rings (SSSR count). The van der Waals surface area contributed by atoms with Gasteiger partial charge in [0.05, 0.1) is 6.26 Å². The van der Waals surface area contributed by atoms with Crippen LogP contribution in [-0.2, 0) is 14.8 Å². The van der Waals surface area contributed by atoms with Gasteiger partial charge < -0.3 is 5.32 Å². The summed E-state index contributed by atoms with van der Waals surface area (Å²) in [5.74, 6) is 0.271. The van der Waals surface area contributed by atoms with Crippen LogP contribution in [0.2, 0.25) is 0 Å². The van der Waals surface area contributed by atoms with Crippen LogP contribution in [0, 0.1) is 5.92 Å². The van der Waals surface area contributed by atoms with E-state index in [0.29, 0.717) is 18.9 Å². The Morgan fingerprint density at radius 2 is 1.86 bits per heavy atom. The van der Waals surface area contributed by atoms with Crippen molar-refractivity contribution in [3.05, 3.63) is 0 Å². The van der Waals surface area contributed by atoms with Gasteiger partial charge in [0, 0.05) is 19.5 Å². The van der Waals surface area contributed by atoms with Crippen LogP contribution < -0.4 is 10.0 Å². The molecule has 1 amide bonds. The zero-order valence-corrected chi connectivity index (χ0v) is 9.65. The maximum atomic E-state index is 11.1. The lowest BCUT2D eigenvalue weighted by molar-refractivity contribution is -0.121. The number of sulfonamides is 1. The number of hydrogen-bond acceptors (Lipinski definition) is 3. The molecule has 5 nitrogen and oxygen atoms in total. The van der Waals surface area contributed by atoms with E-state index in [-0.39, 0.29) is 12.5 Å². The highest BCUT2D eigenvalue weighted by molar-refractivity contribution is 7.88. The zero-order chi connectivity index (χ0) is 11.2. The number of carbonyl (C=O) groups is 1. The molecule has 0 aromatic carbocycles. The Bertz CT molecular complexity index is 272. The molecule has 0 bridgehead atoms. The predicted octanol–water partition coefficient (Wildman–Crippen LogP) is -0.302. The summed E-state index contributed by atoms with van der Waals surface area (Å²) in [6.07, 6.45) is 1.56. The molecule has 14 heavy (non-hydrogen) atoms. The van der Waals surface area contributed by atoms with E-state index in [1.165, 1.54) is 0 Å². The number of amides is 1. The van der Waals surface area contributed by atoms with Gasteiger partial charge in [0.25, 0.3) is 0 Å². The molecule has 0 aliphatic rings. The van der Waals surface area contributed by atoms with Crippen LogP contribution in [0.15, 0.2) is 0 Å². The van der Waals surface area contributed by atoms with Gasteiger partial charge in [-0.25, -0.2) is 13.1 Å². The Morgan fingerprint density at radius 1 is 1.29 bits per heavy atom. The van der Waals surface area contributed by atoms with E-state index >= 15 is 0 Å². The van der Waals surface area contributed by atoms with Crippen molar-refractivity contribution in [1.82, 2.24) is 10.0 Å². The second kappa shape index (κ2) is 5.98. The maximum Gasteiger partial charge on any atom is 0.220 e. The minimum absolute atomic E-state index is 0.0460. The quantitative estimate of drug-likeness (QED) is 0.606. The van der Waals surface area contributed by atoms with Crippen LogP contribution in [0.25, 0.3) is 0 Å². The van der Waals surface area contributed by atoms with E-state index in [0.717, 1.165) is 6.26 Å². The summed E-state index contributed by atoms with van der Waals surface area (Å²) < 4.78 is 23.5. The van der Waals surface area contributed by atoms with Crippen molar-refractivity contribution in [2.45, 2.75) is 20.3 Å². The molecule has 84 valence electrons. The van der Waals surface area contributed by atoms with E-state index in [9.17, 15) is 13.2 Å². The molecule has 2 N–H and O–H groups in total. The SMILES string of the molecule is CC(C)CC(=O)NCCNS(C)(=O)=O. The van der Waals surface area contributed by atoms with Gasteiger partial charge in [0.2, 0.25) is 15.9 Å². The van der Waals surface area contributed by atoms with Crippen molar-refractivity contribution in [2.24, 2.45) is 5.92 Å². The highest BCUT2D eigenvalue weighted by Gasteiger charge is 2.04. The fraction of sp³-hybridized carbons (Fsp3) is 0.875. The largest absolute Gasteiger partial charge is 0.355 e. The summed E-state index contributed by atoms with van der Waals surface area (Å²) in [5.41, 5.74) is 0. The standard InChI is InChI=1S/C8H18N2O3S/c1-7(2)6-8(11)9-4-5-10-14(3,12)13/h7,10H,4-6H2,1-3H3,(H,9,11). The molecule has 0 saturated heterocycles. The molecule has 0 fully saturated rings. The number of hydrogen-bond donors (Lipinski definition) is 2. The predicted molar refractivity (Wildman–Crippen MR) is 55.3 cm³/mol. The Labute approximate surface area is 85.3 Å². The highest BCUT2D eigenvalue weighted by atomic mass is 32.2. The molecule has 0 unspecified atom stereocenters. The molecular formula is C8H18N2O3S. The van der Waals surface area contributed by atoms with Crippen molar-refractivity contribution in [1.29, 1.82) is 0 Å². The van der Waals surface area contributed by atoms with E-state index in [1.807, 2.05) is 13.8 Å². The molecule has 0 saturated carbocycles. The Kier molecular flexibility index (Phi) is 5.71. The van der Waals surface area contributed by atoms with Crippen LogP contribution in [-0.4, -0.2) is 33.7 Å².